The number of halogens is 1. The fraction of sp³-hybridized carbons (Fsp3) is 0.455. The molecule has 88 valence electrons. The Morgan fingerprint density at radius 2 is 2.38 bits per heavy atom. The lowest BCUT2D eigenvalue weighted by molar-refractivity contribution is -0.119. The largest absolute Gasteiger partial charge is 0.322 e. The molecule has 1 rings (SSSR count). The summed E-state index contributed by atoms with van der Waals surface area (Å²) in [5.74, 6) is -0.188. The van der Waals surface area contributed by atoms with Crippen molar-refractivity contribution >= 4 is 23.2 Å². The van der Waals surface area contributed by atoms with E-state index in [1.807, 2.05) is 13.8 Å². The minimum atomic E-state index is -0.117. The molecule has 1 heterocycles. The number of carbonyl (C=O) groups is 1. The molecule has 0 aromatic carbocycles. The van der Waals surface area contributed by atoms with Crippen molar-refractivity contribution < 1.29 is 4.79 Å². The first kappa shape index (κ1) is 12.8. The third kappa shape index (κ3) is 3.10. The number of aryl methyl sites for hydroxylation is 1. The molecule has 5 heteroatoms. The molecule has 1 N–H and O–H groups in total. The van der Waals surface area contributed by atoms with Crippen LogP contribution in [-0.2, 0) is 11.8 Å². The third-order valence-electron chi connectivity index (χ3n) is 2.23. The maximum Gasteiger partial charge on any atom is 0.227 e. The van der Waals surface area contributed by atoms with Gasteiger partial charge in [-0.1, -0.05) is 24.1 Å². The van der Waals surface area contributed by atoms with E-state index in [2.05, 4.69) is 17.0 Å². The van der Waals surface area contributed by atoms with Gasteiger partial charge in [-0.3, -0.25) is 9.48 Å². The smallest absolute Gasteiger partial charge is 0.227 e. The van der Waals surface area contributed by atoms with Crippen molar-refractivity contribution in [3.63, 3.8) is 0 Å². The molecular weight excluding hydrogens is 226 g/mol. The van der Waals surface area contributed by atoms with Gasteiger partial charge in [-0.05, 0) is 13.3 Å². The topological polar surface area (TPSA) is 46.9 Å². The predicted molar refractivity (Wildman–Crippen MR) is 65.4 cm³/mol. The van der Waals surface area contributed by atoms with E-state index in [-0.39, 0.29) is 11.8 Å². The van der Waals surface area contributed by atoms with Crippen LogP contribution in [0.2, 0.25) is 5.15 Å². The van der Waals surface area contributed by atoms with Crippen molar-refractivity contribution in [1.29, 1.82) is 0 Å². The zero-order valence-electron chi connectivity index (χ0n) is 9.75. The average Bonchev–Trinajstić information content (AvgIpc) is 2.48. The van der Waals surface area contributed by atoms with Crippen molar-refractivity contribution in [2.75, 3.05) is 5.32 Å². The Labute approximate surface area is 100 Å². The van der Waals surface area contributed by atoms with Gasteiger partial charge in [-0.15, -0.1) is 6.58 Å². The van der Waals surface area contributed by atoms with Crippen molar-refractivity contribution in [3.8, 4) is 0 Å². The highest BCUT2D eigenvalue weighted by Gasteiger charge is 2.15. The standard InChI is InChI=1S/C11H16ClN3O/c1-7(2)5-8(3)11(16)14-9-6-13-15(4)10(9)12/h6,8H,1,5H2,2-4H3,(H,14,16)/t8-/m0/s1. The van der Waals surface area contributed by atoms with E-state index < -0.39 is 0 Å². The van der Waals surface area contributed by atoms with Gasteiger partial charge in [-0.25, -0.2) is 0 Å². The number of hydrogen-bond acceptors (Lipinski definition) is 2. The van der Waals surface area contributed by atoms with Crippen LogP contribution in [-0.4, -0.2) is 15.7 Å². The van der Waals surface area contributed by atoms with E-state index in [0.29, 0.717) is 17.3 Å². The van der Waals surface area contributed by atoms with E-state index in [4.69, 9.17) is 11.6 Å². The first-order valence-electron chi connectivity index (χ1n) is 5.04. The summed E-state index contributed by atoms with van der Waals surface area (Å²) in [5.41, 5.74) is 1.53. The molecule has 1 amide bonds. The van der Waals surface area contributed by atoms with E-state index >= 15 is 0 Å². The van der Waals surface area contributed by atoms with Crippen molar-refractivity contribution in [1.82, 2.24) is 9.78 Å². The van der Waals surface area contributed by atoms with Crippen LogP contribution in [0.25, 0.3) is 0 Å². The monoisotopic (exact) mass is 241 g/mol. The summed E-state index contributed by atoms with van der Waals surface area (Å²) in [4.78, 5) is 11.8. The zero-order chi connectivity index (χ0) is 12.3. The Morgan fingerprint density at radius 3 is 2.81 bits per heavy atom. The van der Waals surface area contributed by atoms with E-state index in [1.54, 1.807) is 7.05 Å². The number of rotatable bonds is 4. The normalized spacial score (nSPS) is 12.2. The molecule has 0 bridgehead atoms. The highest BCUT2D eigenvalue weighted by Crippen LogP contribution is 2.21. The molecule has 0 unspecified atom stereocenters. The highest BCUT2D eigenvalue weighted by atomic mass is 35.5. The number of aromatic nitrogens is 2. The van der Waals surface area contributed by atoms with Crippen LogP contribution >= 0.6 is 11.6 Å². The van der Waals surface area contributed by atoms with Crippen LogP contribution in [0.5, 0.6) is 0 Å². The molecule has 0 aliphatic carbocycles. The third-order valence-corrected chi connectivity index (χ3v) is 2.67. The summed E-state index contributed by atoms with van der Waals surface area (Å²) in [5, 5.41) is 7.11. The summed E-state index contributed by atoms with van der Waals surface area (Å²) in [6, 6.07) is 0. The summed E-state index contributed by atoms with van der Waals surface area (Å²) in [6.45, 7) is 7.54. The molecule has 16 heavy (non-hydrogen) atoms. The molecule has 0 aliphatic heterocycles. The molecule has 0 fully saturated rings. The fourth-order valence-corrected chi connectivity index (χ4v) is 1.52. The molecule has 1 aromatic rings. The van der Waals surface area contributed by atoms with Crippen LogP contribution in [0, 0.1) is 5.92 Å². The summed E-state index contributed by atoms with van der Waals surface area (Å²) in [7, 11) is 1.72. The summed E-state index contributed by atoms with van der Waals surface area (Å²) >= 11 is 5.93. The van der Waals surface area contributed by atoms with E-state index in [0.717, 1.165) is 5.57 Å². The first-order valence-corrected chi connectivity index (χ1v) is 5.42. The lowest BCUT2D eigenvalue weighted by Crippen LogP contribution is -2.20. The quantitative estimate of drug-likeness (QED) is 0.824. The molecule has 4 nitrogen and oxygen atoms in total. The summed E-state index contributed by atoms with van der Waals surface area (Å²) < 4.78 is 1.50. The van der Waals surface area contributed by atoms with Gasteiger partial charge in [0.25, 0.3) is 0 Å². The van der Waals surface area contributed by atoms with Crippen LogP contribution in [0.3, 0.4) is 0 Å². The lowest BCUT2D eigenvalue weighted by Gasteiger charge is -2.10. The first-order chi connectivity index (χ1) is 7.41. The number of allylic oxidation sites excluding steroid dienone is 1. The molecule has 0 saturated heterocycles. The van der Waals surface area contributed by atoms with Crippen molar-refractivity contribution in [3.05, 3.63) is 23.5 Å². The van der Waals surface area contributed by atoms with Gasteiger partial charge in [-0.2, -0.15) is 5.10 Å². The minimum absolute atomic E-state index is 0.0714. The van der Waals surface area contributed by atoms with Crippen molar-refractivity contribution in [2.24, 2.45) is 13.0 Å². The van der Waals surface area contributed by atoms with Gasteiger partial charge in [0.2, 0.25) is 5.91 Å². The Morgan fingerprint density at radius 1 is 1.75 bits per heavy atom. The molecule has 1 aromatic heterocycles. The maximum atomic E-state index is 11.8. The average molecular weight is 242 g/mol. The van der Waals surface area contributed by atoms with Gasteiger partial charge in [0.05, 0.1) is 11.9 Å². The Balaban J connectivity index is 2.64. The SMILES string of the molecule is C=C(C)C[C@H](C)C(=O)Nc1cnn(C)c1Cl. The van der Waals surface area contributed by atoms with Gasteiger partial charge in [0, 0.05) is 13.0 Å². The van der Waals surface area contributed by atoms with Crippen LogP contribution in [0.15, 0.2) is 18.3 Å². The lowest BCUT2D eigenvalue weighted by atomic mass is 10.0. The van der Waals surface area contributed by atoms with E-state index in [1.165, 1.54) is 10.9 Å². The minimum Gasteiger partial charge on any atom is -0.322 e. The molecule has 0 saturated carbocycles. The van der Waals surface area contributed by atoms with Crippen LogP contribution < -0.4 is 5.32 Å². The number of nitrogens with zero attached hydrogens (tertiary/aromatic N) is 2. The Hall–Kier alpha value is -1.29. The second-order valence-corrected chi connectivity index (χ2v) is 4.38. The fourth-order valence-electron chi connectivity index (χ4n) is 1.38. The predicted octanol–water partition coefficient (Wildman–Crippen LogP) is 2.61. The number of carbonyl (C=O) groups excluding carboxylic acids is 1. The number of nitrogens with one attached hydrogen (secondary N) is 1. The molecular formula is C11H16ClN3O. The number of anilines is 1. The maximum absolute atomic E-state index is 11.8. The van der Waals surface area contributed by atoms with E-state index in [9.17, 15) is 4.79 Å². The number of amides is 1. The Kier molecular flexibility index (Phi) is 4.12. The second kappa shape index (κ2) is 5.16. The van der Waals surface area contributed by atoms with Crippen molar-refractivity contribution in [2.45, 2.75) is 20.3 Å². The Bertz CT molecular complexity index is 411. The van der Waals surface area contributed by atoms with Gasteiger partial charge < -0.3 is 5.32 Å². The van der Waals surface area contributed by atoms with Crippen LogP contribution in [0.1, 0.15) is 20.3 Å². The zero-order valence-corrected chi connectivity index (χ0v) is 10.5. The second-order valence-electron chi connectivity index (χ2n) is 4.02. The van der Waals surface area contributed by atoms with Gasteiger partial charge in [0.15, 0.2) is 0 Å². The number of hydrogen-bond donors (Lipinski definition) is 1. The van der Waals surface area contributed by atoms with Gasteiger partial charge in [0.1, 0.15) is 5.15 Å². The van der Waals surface area contributed by atoms with Gasteiger partial charge >= 0.3 is 0 Å². The molecule has 0 aliphatic rings. The van der Waals surface area contributed by atoms with Crippen LogP contribution in [0.4, 0.5) is 5.69 Å². The highest BCUT2D eigenvalue weighted by molar-refractivity contribution is 6.32. The molecule has 1 atom stereocenters. The summed E-state index contributed by atoms with van der Waals surface area (Å²) in [6.07, 6.45) is 2.21. The molecule has 0 spiro atoms. The molecule has 0 radical (unpaired) electrons.